The molecule has 0 atom stereocenters. The number of nitrogens with zero attached hydrogens (tertiary/aromatic N) is 2. The molecule has 2 aliphatic carbocycles. The van der Waals surface area contributed by atoms with E-state index >= 15 is 0 Å². The van der Waals surface area contributed by atoms with Crippen LogP contribution in [-0.2, 0) is 25.7 Å². The van der Waals surface area contributed by atoms with Crippen LogP contribution in [0.4, 0.5) is 11.4 Å². The summed E-state index contributed by atoms with van der Waals surface area (Å²) in [6.45, 7) is 6.42. The van der Waals surface area contributed by atoms with E-state index in [1.165, 1.54) is 94.3 Å². The molecule has 0 radical (unpaired) electrons. The molecule has 0 amide bonds. The van der Waals surface area contributed by atoms with Crippen LogP contribution in [0.1, 0.15) is 72.2 Å². The number of aromatic nitrogens is 2. The third-order valence-electron chi connectivity index (χ3n) is 8.04. The first kappa shape index (κ1) is 23.3. The summed E-state index contributed by atoms with van der Waals surface area (Å²) in [5, 5.41) is 10.2. The van der Waals surface area contributed by atoms with Gasteiger partial charge in [0.25, 0.3) is 0 Å². The largest absolute Gasteiger partial charge is 0.384 e. The molecular weight excluding hydrogens is 440 g/mol. The number of hydrogen-bond donors (Lipinski definition) is 2. The van der Waals surface area contributed by atoms with Gasteiger partial charge in [-0.3, -0.25) is 9.97 Å². The molecule has 2 aromatic heterocycles. The summed E-state index contributed by atoms with van der Waals surface area (Å²) in [6, 6.07) is 13.3. The second-order valence-electron chi connectivity index (χ2n) is 10.8. The van der Waals surface area contributed by atoms with Crippen LogP contribution >= 0.6 is 0 Å². The van der Waals surface area contributed by atoms with Crippen molar-refractivity contribution in [2.75, 3.05) is 23.7 Å². The first-order chi connectivity index (χ1) is 17.7. The number of anilines is 2. The Hall–Kier alpha value is -3.14. The van der Waals surface area contributed by atoms with Gasteiger partial charge in [-0.2, -0.15) is 0 Å². The van der Waals surface area contributed by atoms with Gasteiger partial charge in [0.1, 0.15) is 0 Å². The summed E-state index contributed by atoms with van der Waals surface area (Å²) in [5.41, 5.74) is 13.1. The molecule has 4 nitrogen and oxygen atoms in total. The second kappa shape index (κ2) is 10.1. The van der Waals surface area contributed by atoms with Crippen LogP contribution < -0.4 is 10.6 Å². The molecule has 36 heavy (non-hydrogen) atoms. The molecule has 2 heterocycles. The van der Waals surface area contributed by atoms with Gasteiger partial charge in [0.2, 0.25) is 0 Å². The van der Waals surface area contributed by atoms with Crippen molar-refractivity contribution in [2.24, 2.45) is 0 Å². The van der Waals surface area contributed by atoms with Gasteiger partial charge in [-0.1, -0.05) is 36.1 Å². The fourth-order valence-corrected chi connectivity index (χ4v) is 6.19. The number of fused-ring (bicyclic) bond motifs is 4. The quantitative estimate of drug-likeness (QED) is 0.245. The van der Waals surface area contributed by atoms with Gasteiger partial charge in [0.15, 0.2) is 0 Å². The van der Waals surface area contributed by atoms with Crippen molar-refractivity contribution in [3.05, 3.63) is 70.0 Å². The number of nitrogens with one attached hydrogen (secondary N) is 2. The zero-order valence-corrected chi connectivity index (χ0v) is 21.8. The predicted molar refractivity (Wildman–Crippen MR) is 152 cm³/mol. The Bertz CT molecular complexity index is 1310. The third-order valence-corrected chi connectivity index (χ3v) is 8.04. The molecule has 0 spiro atoms. The lowest BCUT2D eigenvalue weighted by molar-refractivity contribution is 0.670. The van der Waals surface area contributed by atoms with Crippen molar-refractivity contribution < 1.29 is 0 Å². The molecule has 2 N–H and O–H groups in total. The maximum Gasteiger partial charge on any atom is 0.0726 e. The molecule has 186 valence electrons. The van der Waals surface area contributed by atoms with E-state index in [9.17, 15) is 0 Å². The highest BCUT2D eigenvalue weighted by molar-refractivity contribution is 5.95. The fraction of sp³-hybridized carbons (Fsp3) is 0.438. The number of aryl methyl sites for hydroxylation is 4. The van der Waals surface area contributed by atoms with E-state index in [2.05, 4.69) is 60.9 Å². The first-order valence-corrected chi connectivity index (χ1v) is 14.0. The van der Waals surface area contributed by atoms with Crippen LogP contribution in [0, 0.1) is 13.8 Å². The lowest BCUT2D eigenvalue weighted by atomic mass is 10.0. The van der Waals surface area contributed by atoms with E-state index in [0.717, 1.165) is 49.8 Å². The standard InChI is InChI=1S/C32H38N4/c1-21-13-15-29-25(19-21)31(23-9-7-11-27(23)35-29)33-17-5-3-4-6-18-34-32-24-10-8-12-28(24)36-30-16-14-22(2)20-26(30)32/h13-16,19-20H,3-12,17-18H2,1-2H3,(H,33,35)(H,34,36). The number of hydrogen-bond acceptors (Lipinski definition) is 4. The van der Waals surface area contributed by atoms with E-state index in [-0.39, 0.29) is 0 Å². The Morgan fingerprint density at radius 2 is 1.08 bits per heavy atom. The molecular formula is C32H38N4. The van der Waals surface area contributed by atoms with Gasteiger partial charge in [-0.05, 0) is 101 Å². The topological polar surface area (TPSA) is 49.8 Å². The van der Waals surface area contributed by atoms with E-state index in [4.69, 9.17) is 9.97 Å². The minimum absolute atomic E-state index is 1.04. The Morgan fingerprint density at radius 3 is 1.56 bits per heavy atom. The van der Waals surface area contributed by atoms with Crippen LogP contribution in [0.15, 0.2) is 36.4 Å². The summed E-state index contributed by atoms with van der Waals surface area (Å²) in [6.07, 6.45) is 11.9. The molecule has 0 fully saturated rings. The van der Waals surface area contributed by atoms with Gasteiger partial charge >= 0.3 is 0 Å². The minimum Gasteiger partial charge on any atom is -0.384 e. The van der Waals surface area contributed by atoms with Crippen molar-refractivity contribution in [3.63, 3.8) is 0 Å². The van der Waals surface area contributed by atoms with Gasteiger partial charge < -0.3 is 10.6 Å². The molecule has 4 heteroatoms. The maximum absolute atomic E-state index is 4.96. The van der Waals surface area contributed by atoms with Crippen LogP contribution in [0.25, 0.3) is 21.8 Å². The molecule has 6 rings (SSSR count). The Kier molecular flexibility index (Phi) is 6.52. The van der Waals surface area contributed by atoms with Crippen molar-refractivity contribution >= 4 is 33.2 Å². The normalized spacial score (nSPS) is 14.4. The zero-order chi connectivity index (χ0) is 24.5. The van der Waals surface area contributed by atoms with Gasteiger partial charge in [0, 0.05) is 46.6 Å². The summed E-state index contributed by atoms with van der Waals surface area (Å²) in [7, 11) is 0. The van der Waals surface area contributed by atoms with E-state index in [0.29, 0.717) is 0 Å². The molecule has 4 aromatic rings. The number of benzene rings is 2. The highest BCUT2D eigenvalue weighted by atomic mass is 14.9. The average Bonchev–Trinajstić information content (AvgIpc) is 3.54. The lowest BCUT2D eigenvalue weighted by Gasteiger charge is -2.16. The molecule has 0 bridgehead atoms. The number of unbranched alkanes of at least 4 members (excludes halogenated alkanes) is 3. The van der Waals surface area contributed by atoms with E-state index < -0.39 is 0 Å². The highest BCUT2D eigenvalue weighted by Gasteiger charge is 2.20. The first-order valence-electron chi connectivity index (χ1n) is 14.0. The molecule has 0 aliphatic heterocycles. The fourth-order valence-electron chi connectivity index (χ4n) is 6.19. The lowest BCUT2D eigenvalue weighted by Crippen LogP contribution is -2.08. The smallest absolute Gasteiger partial charge is 0.0726 e. The maximum atomic E-state index is 4.96. The molecule has 0 unspecified atom stereocenters. The monoisotopic (exact) mass is 478 g/mol. The summed E-state index contributed by atoms with van der Waals surface area (Å²) < 4.78 is 0. The Balaban J connectivity index is 1.03. The number of pyridine rings is 2. The predicted octanol–water partition coefficient (Wildman–Crippen LogP) is 7.46. The highest BCUT2D eigenvalue weighted by Crippen LogP contribution is 2.36. The molecule has 2 aliphatic rings. The second-order valence-corrected chi connectivity index (χ2v) is 10.8. The zero-order valence-electron chi connectivity index (χ0n) is 21.8. The van der Waals surface area contributed by atoms with E-state index in [1.807, 2.05) is 0 Å². The van der Waals surface area contributed by atoms with Gasteiger partial charge in [0.05, 0.1) is 11.0 Å². The summed E-state index contributed by atoms with van der Waals surface area (Å²) in [4.78, 5) is 9.91. The van der Waals surface area contributed by atoms with Crippen molar-refractivity contribution in [1.82, 2.24) is 9.97 Å². The average molecular weight is 479 g/mol. The SMILES string of the molecule is Cc1ccc2nc3c(c(NCCCCCCNc4c5c(nc6ccc(C)cc46)CCC5)c2c1)CCC3. The Morgan fingerprint density at radius 1 is 0.611 bits per heavy atom. The molecule has 0 saturated heterocycles. The summed E-state index contributed by atoms with van der Waals surface area (Å²) >= 11 is 0. The van der Waals surface area contributed by atoms with Gasteiger partial charge in [-0.25, -0.2) is 0 Å². The van der Waals surface area contributed by atoms with Crippen molar-refractivity contribution in [1.29, 1.82) is 0 Å². The van der Waals surface area contributed by atoms with Crippen LogP contribution in [-0.4, -0.2) is 23.1 Å². The molecule has 0 saturated carbocycles. The Labute approximate surface area is 214 Å². The minimum atomic E-state index is 1.04. The van der Waals surface area contributed by atoms with Crippen LogP contribution in [0.3, 0.4) is 0 Å². The summed E-state index contributed by atoms with van der Waals surface area (Å²) in [5.74, 6) is 0. The number of rotatable bonds is 9. The van der Waals surface area contributed by atoms with Gasteiger partial charge in [-0.15, -0.1) is 0 Å². The van der Waals surface area contributed by atoms with Crippen molar-refractivity contribution in [2.45, 2.75) is 78.1 Å². The van der Waals surface area contributed by atoms with Crippen LogP contribution in [0.5, 0.6) is 0 Å². The van der Waals surface area contributed by atoms with E-state index in [1.54, 1.807) is 0 Å². The molecule has 2 aromatic carbocycles. The van der Waals surface area contributed by atoms with Crippen molar-refractivity contribution in [3.8, 4) is 0 Å². The third kappa shape index (κ3) is 4.54. The van der Waals surface area contributed by atoms with Crippen LogP contribution in [0.2, 0.25) is 0 Å².